The molecule has 0 fully saturated rings. The van der Waals surface area contributed by atoms with Crippen LogP contribution >= 0.6 is 11.6 Å². The fraction of sp³-hybridized carbons (Fsp3) is 0.0526. The van der Waals surface area contributed by atoms with Gasteiger partial charge in [0, 0.05) is 29.0 Å². The summed E-state index contributed by atoms with van der Waals surface area (Å²) in [5.41, 5.74) is 6.64. The first kappa shape index (κ1) is 19.1. The predicted octanol–water partition coefficient (Wildman–Crippen LogP) is 2.69. The Bertz CT molecular complexity index is 1050. The number of imidazole rings is 1. The minimum atomic E-state index is -0.770. The standard InChI is InChI=1S/C19H16ClN5O3/c1-25(19(28)16-15(17(21)26)22-10-23-16)14-7-5-13(6-8-14)24-18(27)11-3-2-4-12(20)9-11/h2-10H,1H3,(H2,21,26)(H,22,23)(H,24,27). The number of aromatic amines is 1. The molecule has 0 spiro atoms. The van der Waals surface area contributed by atoms with Crippen LogP contribution in [0.4, 0.5) is 11.4 Å². The molecule has 3 rings (SSSR count). The van der Waals surface area contributed by atoms with Crippen molar-refractivity contribution in [2.45, 2.75) is 0 Å². The number of anilines is 2. The van der Waals surface area contributed by atoms with Crippen molar-refractivity contribution in [3.8, 4) is 0 Å². The van der Waals surface area contributed by atoms with Gasteiger partial charge in [-0.15, -0.1) is 0 Å². The topological polar surface area (TPSA) is 121 Å². The van der Waals surface area contributed by atoms with Gasteiger partial charge in [-0.25, -0.2) is 4.98 Å². The molecule has 3 amide bonds. The maximum absolute atomic E-state index is 12.6. The normalized spacial score (nSPS) is 10.4. The zero-order valence-electron chi connectivity index (χ0n) is 14.8. The summed E-state index contributed by atoms with van der Waals surface area (Å²) < 4.78 is 0. The van der Waals surface area contributed by atoms with E-state index in [1.54, 1.807) is 55.6 Å². The molecular formula is C19H16ClN5O3. The van der Waals surface area contributed by atoms with Crippen molar-refractivity contribution in [2.24, 2.45) is 5.73 Å². The third-order valence-corrected chi connectivity index (χ3v) is 4.23. The van der Waals surface area contributed by atoms with Crippen molar-refractivity contribution in [2.75, 3.05) is 17.3 Å². The highest BCUT2D eigenvalue weighted by Crippen LogP contribution is 2.20. The van der Waals surface area contributed by atoms with Gasteiger partial charge in [-0.2, -0.15) is 0 Å². The number of nitrogens with zero attached hydrogens (tertiary/aromatic N) is 2. The van der Waals surface area contributed by atoms with E-state index in [0.29, 0.717) is 22.0 Å². The number of rotatable bonds is 5. The molecule has 3 aromatic rings. The van der Waals surface area contributed by atoms with Crippen LogP contribution in [-0.2, 0) is 0 Å². The molecule has 0 saturated heterocycles. The number of hydrogen-bond acceptors (Lipinski definition) is 4. The molecule has 0 bridgehead atoms. The third kappa shape index (κ3) is 4.02. The first-order valence-electron chi connectivity index (χ1n) is 8.15. The Kier molecular flexibility index (Phi) is 5.42. The number of carbonyl (C=O) groups excluding carboxylic acids is 3. The molecule has 8 nitrogen and oxygen atoms in total. The number of hydrogen-bond donors (Lipinski definition) is 3. The molecule has 0 saturated carbocycles. The Morgan fingerprint density at radius 2 is 1.86 bits per heavy atom. The Hall–Kier alpha value is -3.65. The molecule has 9 heteroatoms. The smallest absolute Gasteiger partial charge is 0.279 e. The molecule has 0 aliphatic carbocycles. The molecule has 0 aliphatic rings. The quantitative estimate of drug-likeness (QED) is 0.612. The van der Waals surface area contributed by atoms with Crippen LogP contribution in [0.5, 0.6) is 0 Å². The van der Waals surface area contributed by atoms with E-state index < -0.39 is 11.8 Å². The maximum atomic E-state index is 12.6. The molecule has 0 aliphatic heterocycles. The van der Waals surface area contributed by atoms with Crippen LogP contribution in [0.1, 0.15) is 31.3 Å². The largest absolute Gasteiger partial charge is 0.364 e. The summed E-state index contributed by atoms with van der Waals surface area (Å²) in [5, 5.41) is 3.22. The second-order valence-electron chi connectivity index (χ2n) is 5.87. The second kappa shape index (κ2) is 7.93. The van der Waals surface area contributed by atoms with Gasteiger partial charge in [0.2, 0.25) is 0 Å². The van der Waals surface area contributed by atoms with Gasteiger partial charge in [0.1, 0.15) is 5.69 Å². The maximum Gasteiger partial charge on any atom is 0.279 e. The number of nitrogens with one attached hydrogen (secondary N) is 2. The number of H-pyrrole nitrogens is 1. The Morgan fingerprint density at radius 3 is 2.50 bits per heavy atom. The molecule has 1 heterocycles. The van der Waals surface area contributed by atoms with Crippen LogP contribution in [0.25, 0.3) is 0 Å². The van der Waals surface area contributed by atoms with Crippen molar-refractivity contribution in [1.29, 1.82) is 0 Å². The molecule has 0 unspecified atom stereocenters. The lowest BCUT2D eigenvalue weighted by Gasteiger charge is -2.17. The van der Waals surface area contributed by atoms with Crippen molar-refractivity contribution >= 4 is 40.7 Å². The Balaban J connectivity index is 1.73. The van der Waals surface area contributed by atoms with Crippen molar-refractivity contribution < 1.29 is 14.4 Å². The monoisotopic (exact) mass is 397 g/mol. The third-order valence-electron chi connectivity index (χ3n) is 3.99. The van der Waals surface area contributed by atoms with Crippen LogP contribution in [0, 0.1) is 0 Å². The van der Waals surface area contributed by atoms with Crippen LogP contribution in [0.3, 0.4) is 0 Å². The zero-order chi connectivity index (χ0) is 20.3. The van der Waals surface area contributed by atoms with Gasteiger partial charge in [-0.05, 0) is 42.5 Å². The van der Waals surface area contributed by atoms with Crippen LogP contribution in [0.15, 0.2) is 54.9 Å². The van der Waals surface area contributed by atoms with Gasteiger partial charge in [-0.1, -0.05) is 17.7 Å². The number of nitrogens with two attached hydrogens (primary N) is 1. The Morgan fingerprint density at radius 1 is 1.14 bits per heavy atom. The summed E-state index contributed by atoms with van der Waals surface area (Å²) >= 11 is 5.90. The summed E-state index contributed by atoms with van der Waals surface area (Å²) in [6.07, 6.45) is 1.23. The van der Waals surface area contributed by atoms with Gasteiger partial charge in [-0.3, -0.25) is 14.4 Å². The van der Waals surface area contributed by atoms with Gasteiger partial charge in [0.05, 0.1) is 6.33 Å². The fourth-order valence-electron chi connectivity index (χ4n) is 2.52. The van der Waals surface area contributed by atoms with Gasteiger partial charge >= 0.3 is 0 Å². The van der Waals surface area contributed by atoms with Crippen LogP contribution < -0.4 is 16.0 Å². The van der Waals surface area contributed by atoms with E-state index in [-0.39, 0.29) is 17.3 Å². The van der Waals surface area contributed by atoms with E-state index in [2.05, 4.69) is 15.3 Å². The molecule has 1 aromatic heterocycles. The van der Waals surface area contributed by atoms with E-state index in [9.17, 15) is 14.4 Å². The SMILES string of the molecule is CN(C(=O)c1nc[nH]c1C(N)=O)c1ccc(NC(=O)c2cccc(Cl)c2)cc1. The Labute approximate surface area is 165 Å². The second-order valence-corrected chi connectivity index (χ2v) is 6.30. The molecular weight excluding hydrogens is 382 g/mol. The zero-order valence-corrected chi connectivity index (χ0v) is 15.5. The van der Waals surface area contributed by atoms with Crippen LogP contribution in [-0.4, -0.2) is 34.7 Å². The molecule has 28 heavy (non-hydrogen) atoms. The molecule has 4 N–H and O–H groups in total. The average molecular weight is 398 g/mol. The van der Waals surface area contributed by atoms with E-state index in [0.717, 1.165) is 0 Å². The van der Waals surface area contributed by atoms with Crippen molar-refractivity contribution in [3.63, 3.8) is 0 Å². The average Bonchev–Trinajstić information content (AvgIpc) is 3.17. The summed E-state index contributed by atoms with van der Waals surface area (Å²) in [7, 11) is 1.54. The minimum Gasteiger partial charge on any atom is -0.364 e. The van der Waals surface area contributed by atoms with Gasteiger partial charge < -0.3 is 20.9 Å². The lowest BCUT2D eigenvalue weighted by molar-refractivity contribution is 0.0958. The van der Waals surface area contributed by atoms with E-state index in [1.165, 1.54) is 11.2 Å². The molecule has 0 atom stereocenters. The highest BCUT2D eigenvalue weighted by Gasteiger charge is 2.22. The van der Waals surface area contributed by atoms with Crippen molar-refractivity contribution in [3.05, 3.63) is 76.8 Å². The molecule has 2 aromatic carbocycles. The lowest BCUT2D eigenvalue weighted by atomic mass is 10.2. The highest BCUT2D eigenvalue weighted by molar-refractivity contribution is 6.31. The number of primary amides is 1. The minimum absolute atomic E-state index is 0.0535. The fourth-order valence-corrected chi connectivity index (χ4v) is 2.71. The van der Waals surface area contributed by atoms with Crippen molar-refractivity contribution in [1.82, 2.24) is 9.97 Å². The summed E-state index contributed by atoms with van der Waals surface area (Å²) in [4.78, 5) is 43.9. The molecule has 0 radical (unpaired) electrons. The number of aromatic nitrogens is 2. The van der Waals surface area contributed by atoms with E-state index in [1.807, 2.05) is 0 Å². The number of amides is 3. The first-order valence-corrected chi connectivity index (χ1v) is 8.53. The highest BCUT2D eigenvalue weighted by atomic mass is 35.5. The van der Waals surface area contributed by atoms with Crippen LogP contribution in [0.2, 0.25) is 5.02 Å². The van der Waals surface area contributed by atoms with E-state index >= 15 is 0 Å². The van der Waals surface area contributed by atoms with Gasteiger partial charge in [0.25, 0.3) is 17.7 Å². The summed E-state index contributed by atoms with van der Waals surface area (Å²) in [6.45, 7) is 0. The number of carbonyl (C=O) groups is 3. The number of benzene rings is 2. The van der Waals surface area contributed by atoms with E-state index in [4.69, 9.17) is 17.3 Å². The first-order chi connectivity index (χ1) is 13.4. The lowest BCUT2D eigenvalue weighted by Crippen LogP contribution is -2.29. The molecule has 142 valence electrons. The summed E-state index contributed by atoms with van der Waals surface area (Å²) in [5.74, 6) is -1.57. The number of halogens is 1. The van der Waals surface area contributed by atoms with Gasteiger partial charge in [0.15, 0.2) is 5.69 Å². The predicted molar refractivity (Wildman–Crippen MR) is 106 cm³/mol. The summed E-state index contributed by atoms with van der Waals surface area (Å²) in [6, 6.07) is 13.2.